The van der Waals surface area contributed by atoms with Gasteiger partial charge in [-0.3, -0.25) is 0 Å². The third kappa shape index (κ3) is 4.74. The first-order valence-corrected chi connectivity index (χ1v) is 8.00. The number of rotatable bonds is 7. The van der Waals surface area contributed by atoms with Crippen molar-refractivity contribution < 1.29 is 14.6 Å². The molecule has 0 aliphatic carbocycles. The van der Waals surface area contributed by atoms with Crippen LogP contribution in [0.3, 0.4) is 0 Å². The highest BCUT2D eigenvalue weighted by Gasteiger charge is 2.06. The molecule has 2 rings (SSSR count). The van der Waals surface area contributed by atoms with Gasteiger partial charge in [-0.1, -0.05) is 38.1 Å². The largest absolute Gasteiger partial charge is 0.511 e. The highest BCUT2D eigenvalue weighted by Crippen LogP contribution is 2.25. The number of hydrogen-bond donors (Lipinski definition) is 1. The molecule has 0 heterocycles. The summed E-state index contributed by atoms with van der Waals surface area (Å²) in [6, 6.07) is 15.5. The van der Waals surface area contributed by atoms with E-state index >= 15 is 0 Å². The molecule has 4 heteroatoms. The molecule has 122 valence electrons. The van der Waals surface area contributed by atoms with Gasteiger partial charge in [0.1, 0.15) is 5.75 Å². The summed E-state index contributed by atoms with van der Waals surface area (Å²) in [4.78, 5) is 12.9. The van der Waals surface area contributed by atoms with E-state index in [1.807, 2.05) is 12.1 Å². The van der Waals surface area contributed by atoms with Crippen LogP contribution in [0.5, 0.6) is 5.75 Å². The summed E-state index contributed by atoms with van der Waals surface area (Å²) >= 11 is 0. The molecule has 1 N–H and O–H groups in total. The van der Waals surface area contributed by atoms with Crippen molar-refractivity contribution in [3.63, 3.8) is 0 Å². The first-order chi connectivity index (χ1) is 11.1. The quantitative estimate of drug-likeness (QED) is 0.575. The molecule has 2 aromatic rings. The Labute approximate surface area is 137 Å². The molecular weight excluding hydrogens is 290 g/mol. The van der Waals surface area contributed by atoms with E-state index in [1.54, 1.807) is 12.1 Å². The molecule has 4 nitrogen and oxygen atoms in total. The minimum Gasteiger partial charge on any atom is -0.449 e. The molecule has 0 saturated carbocycles. The zero-order valence-corrected chi connectivity index (χ0v) is 13.7. The molecule has 0 aliphatic heterocycles. The van der Waals surface area contributed by atoms with Crippen molar-refractivity contribution in [1.29, 1.82) is 0 Å². The summed E-state index contributed by atoms with van der Waals surface area (Å²) in [7, 11) is 0. The van der Waals surface area contributed by atoms with Gasteiger partial charge in [0.25, 0.3) is 0 Å². The van der Waals surface area contributed by atoms with Crippen LogP contribution in [-0.4, -0.2) is 24.4 Å². The Morgan fingerprint density at radius 2 is 1.39 bits per heavy atom. The number of nitrogens with zero attached hydrogens (tertiary/aromatic N) is 1. The van der Waals surface area contributed by atoms with Crippen molar-refractivity contribution in [3.8, 4) is 16.9 Å². The maximum absolute atomic E-state index is 10.5. The smallest absolute Gasteiger partial charge is 0.449 e. The van der Waals surface area contributed by atoms with Gasteiger partial charge in [0.2, 0.25) is 0 Å². The summed E-state index contributed by atoms with van der Waals surface area (Å²) in [5, 5.41) is 8.60. The average molecular weight is 313 g/mol. The number of benzene rings is 2. The van der Waals surface area contributed by atoms with E-state index in [2.05, 4.69) is 47.7 Å². The number of anilines is 1. The lowest BCUT2D eigenvalue weighted by Crippen LogP contribution is -2.24. The first-order valence-electron chi connectivity index (χ1n) is 8.00. The van der Waals surface area contributed by atoms with Crippen LogP contribution in [0.4, 0.5) is 10.5 Å². The summed E-state index contributed by atoms with van der Waals surface area (Å²) in [5.74, 6) is 0.329. The lowest BCUT2D eigenvalue weighted by molar-refractivity contribution is 0.144. The predicted molar refractivity (Wildman–Crippen MR) is 93.3 cm³/mol. The van der Waals surface area contributed by atoms with Crippen molar-refractivity contribution in [2.45, 2.75) is 26.7 Å². The van der Waals surface area contributed by atoms with E-state index in [9.17, 15) is 4.79 Å². The van der Waals surface area contributed by atoms with Gasteiger partial charge in [0, 0.05) is 18.8 Å². The standard InChI is InChI=1S/C19H23NO3/c1-3-13-20(14-4-2)17-9-5-15(6-10-17)16-7-11-18(12-8-16)23-19(21)22/h5-12H,3-4,13-14H2,1-2H3,(H,21,22). The Hall–Kier alpha value is -2.49. The Kier molecular flexibility index (Phi) is 6.03. The molecule has 0 unspecified atom stereocenters. The van der Waals surface area contributed by atoms with Crippen LogP contribution in [0.1, 0.15) is 26.7 Å². The van der Waals surface area contributed by atoms with Gasteiger partial charge in [-0.25, -0.2) is 4.79 Å². The maximum atomic E-state index is 10.5. The molecule has 0 fully saturated rings. The van der Waals surface area contributed by atoms with Gasteiger partial charge in [0.05, 0.1) is 0 Å². The fraction of sp³-hybridized carbons (Fsp3) is 0.316. The minimum atomic E-state index is -1.30. The normalized spacial score (nSPS) is 10.3. The number of carbonyl (C=O) groups is 1. The Morgan fingerprint density at radius 3 is 1.83 bits per heavy atom. The van der Waals surface area contributed by atoms with Crippen molar-refractivity contribution in [1.82, 2.24) is 0 Å². The number of hydrogen-bond acceptors (Lipinski definition) is 3. The van der Waals surface area contributed by atoms with Crippen LogP contribution < -0.4 is 9.64 Å². The van der Waals surface area contributed by atoms with Crippen LogP contribution in [0.15, 0.2) is 48.5 Å². The van der Waals surface area contributed by atoms with Crippen LogP contribution in [-0.2, 0) is 0 Å². The van der Waals surface area contributed by atoms with Crippen molar-refractivity contribution in [2.75, 3.05) is 18.0 Å². The molecule has 0 aromatic heterocycles. The molecule has 0 bridgehead atoms. The highest BCUT2D eigenvalue weighted by molar-refractivity contribution is 5.68. The molecule has 0 radical (unpaired) electrons. The topological polar surface area (TPSA) is 49.8 Å². The second-order valence-corrected chi connectivity index (χ2v) is 5.43. The monoisotopic (exact) mass is 313 g/mol. The predicted octanol–water partition coefficient (Wildman–Crippen LogP) is 5.04. The van der Waals surface area contributed by atoms with Gasteiger partial charge in [-0.05, 0) is 48.2 Å². The van der Waals surface area contributed by atoms with E-state index in [1.165, 1.54) is 5.69 Å². The fourth-order valence-electron chi connectivity index (χ4n) is 2.59. The van der Waals surface area contributed by atoms with E-state index in [0.29, 0.717) is 5.75 Å². The summed E-state index contributed by atoms with van der Waals surface area (Å²) in [6.45, 7) is 6.51. The van der Waals surface area contributed by atoms with Gasteiger partial charge in [-0.2, -0.15) is 0 Å². The third-order valence-electron chi connectivity index (χ3n) is 3.61. The van der Waals surface area contributed by atoms with Gasteiger partial charge in [0.15, 0.2) is 0 Å². The SMILES string of the molecule is CCCN(CCC)c1ccc(-c2ccc(OC(=O)O)cc2)cc1. The molecule has 0 spiro atoms. The lowest BCUT2D eigenvalue weighted by atomic mass is 10.0. The Balaban J connectivity index is 2.13. The van der Waals surface area contributed by atoms with Crippen molar-refractivity contribution in [2.24, 2.45) is 0 Å². The maximum Gasteiger partial charge on any atom is 0.511 e. The molecule has 2 aromatic carbocycles. The second kappa shape index (κ2) is 8.22. The van der Waals surface area contributed by atoms with Crippen molar-refractivity contribution in [3.05, 3.63) is 48.5 Å². The van der Waals surface area contributed by atoms with Crippen LogP contribution in [0, 0.1) is 0 Å². The second-order valence-electron chi connectivity index (χ2n) is 5.43. The molecule has 0 amide bonds. The van der Waals surface area contributed by atoms with Gasteiger partial charge < -0.3 is 14.7 Å². The van der Waals surface area contributed by atoms with E-state index in [0.717, 1.165) is 37.1 Å². The fourth-order valence-corrected chi connectivity index (χ4v) is 2.59. The van der Waals surface area contributed by atoms with E-state index in [4.69, 9.17) is 5.11 Å². The zero-order chi connectivity index (χ0) is 16.7. The minimum absolute atomic E-state index is 0.329. The van der Waals surface area contributed by atoms with Gasteiger partial charge in [-0.15, -0.1) is 0 Å². The van der Waals surface area contributed by atoms with E-state index in [-0.39, 0.29) is 0 Å². The third-order valence-corrected chi connectivity index (χ3v) is 3.61. The number of carboxylic acid groups (broad SMARTS) is 1. The zero-order valence-electron chi connectivity index (χ0n) is 13.7. The van der Waals surface area contributed by atoms with Crippen LogP contribution >= 0.6 is 0 Å². The summed E-state index contributed by atoms with van der Waals surface area (Å²) in [6.07, 6.45) is 0.966. The molecule has 0 saturated heterocycles. The van der Waals surface area contributed by atoms with Gasteiger partial charge >= 0.3 is 6.16 Å². The average Bonchev–Trinajstić information content (AvgIpc) is 2.55. The summed E-state index contributed by atoms with van der Waals surface area (Å²) in [5.41, 5.74) is 3.37. The first kappa shape index (κ1) is 16.9. The van der Waals surface area contributed by atoms with Crippen LogP contribution in [0.25, 0.3) is 11.1 Å². The molecule has 0 aliphatic rings. The number of ether oxygens (including phenoxy) is 1. The Bertz CT molecular complexity index is 614. The Morgan fingerprint density at radius 1 is 0.913 bits per heavy atom. The molecular formula is C19H23NO3. The van der Waals surface area contributed by atoms with Crippen molar-refractivity contribution >= 4 is 11.8 Å². The highest BCUT2D eigenvalue weighted by atomic mass is 16.7. The molecule has 23 heavy (non-hydrogen) atoms. The van der Waals surface area contributed by atoms with Crippen LogP contribution in [0.2, 0.25) is 0 Å². The summed E-state index contributed by atoms with van der Waals surface area (Å²) < 4.78 is 4.62. The van der Waals surface area contributed by atoms with E-state index < -0.39 is 6.16 Å². The lowest BCUT2D eigenvalue weighted by Gasteiger charge is -2.24. The molecule has 0 atom stereocenters.